The van der Waals surface area contributed by atoms with E-state index in [2.05, 4.69) is 5.32 Å². The monoisotopic (exact) mass is 241 g/mol. The number of rotatable bonds is 3. The van der Waals surface area contributed by atoms with Crippen molar-refractivity contribution >= 4 is 23.5 Å². The summed E-state index contributed by atoms with van der Waals surface area (Å²) < 4.78 is 4.82. The molecule has 0 aromatic heterocycles. The first-order valence-electron chi connectivity index (χ1n) is 4.78. The maximum Gasteiger partial charge on any atom is 0.338 e. The number of benzene rings is 1. The molecule has 0 aliphatic carbocycles. The highest BCUT2D eigenvalue weighted by Crippen LogP contribution is 2.16. The predicted octanol–water partition coefficient (Wildman–Crippen LogP) is 1.88. The Labute approximate surface area is 98.5 Å². The van der Waals surface area contributed by atoms with Crippen molar-refractivity contribution in [2.75, 3.05) is 13.7 Å². The van der Waals surface area contributed by atoms with Gasteiger partial charge in [0.25, 0.3) is 5.91 Å². The second kappa shape index (κ2) is 5.51. The van der Waals surface area contributed by atoms with Gasteiger partial charge < -0.3 is 10.1 Å². The molecular weight excluding hydrogens is 230 g/mol. The number of esters is 1. The van der Waals surface area contributed by atoms with Gasteiger partial charge in [-0.3, -0.25) is 4.79 Å². The number of halogens is 1. The van der Waals surface area contributed by atoms with Crippen molar-refractivity contribution in [3.8, 4) is 0 Å². The van der Waals surface area contributed by atoms with E-state index < -0.39 is 5.97 Å². The van der Waals surface area contributed by atoms with Gasteiger partial charge in [0.2, 0.25) is 0 Å². The van der Waals surface area contributed by atoms with Crippen LogP contribution in [-0.4, -0.2) is 25.5 Å². The molecule has 0 saturated carbocycles. The zero-order valence-electron chi connectivity index (χ0n) is 9.04. The zero-order chi connectivity index (χ0) is 12.1. The van der Waals surface area contributed by atoms with Crippen LogP contribution in [-0.2, 0) is 4.74 Å². The Morgan fingerprint density at radius 1 is 1.31 bits per heavy atom. The molecule has 0 aliphatic rings. The normalized spacial score (nSPS) is 9.69. The molecule has 1 rings (SSSR count). The number of amides is 1. The van der Waals surface area contributed by atoms with Gasteiger partial charge in [-0.1, -0.05) is 11.6 Å². The van der Waals surface area contributed by atoms with Crippen LogP contribution >= 0.6 is 11.6 Å². The molecule has 16 heavy (non-hydrogen) atoms. The second-order valence-corrected chi connectivity index (χ2v) is 3.46. The second-order valence-electron chi connectivity index (χ2n) is 3.03. The molecule has 0 unspecified atom stereocenters. The highest BCUT2D eigenvalue weighted by atomic mass is 35.5. The highest BCUT2D eigenvalue weighted by Gasteiger charge is 2.12. The average Bonchev–Trinajstić information content (AvgIpc) is 2.27. The van der Waals surface area contributed by atoms with Crippen LogP contribution in [0.15, 0.2) is 18.2 Å². The highest BCUT2D eigenvalue weighted by molar-refractivity contribution is 6.31. The van der Waals surface area contributed by atoms with Gasteiger partial charge in [0.05, 0.1) is 12.2 Å². The first kappa shape index (κ1) is 12.5. The lowest BCUT2D eigenvalue weighted by Gasteiger charge is -2.05. The SMILES string of the molecule is CCOC(=O)c1cc(Cl)cc(C(=O)NC)c1. The zero-order valence-corrected chi connectivity index (χ0v) is 9.80. The van der Waals surface area contributed by atoms with E-state index in [0.717, 1.165) is 0 Å². The molecule has 4 nitrogen and oxygen atoms in total. The fourth-order valence-corrected chi connectivity index (χ4v) is 1.43. The molecule has 0 spiro atoms. The standard InChI is InChI=1S/C11H12ClNO3/c1-3-16-11(15)8-4-7(10(14)13-2)5-9(12)6-8/h4-6H,3H2,1-2H3,(H,13,14). The Morgan fingerprint density at radius 2 is 1.94 bits per heavy atom. The van der Waals surface area contributed by atoms with Crippen molar-refractivity contribution in [1.82, 2.24) is 5.32 Å². The molecule has 0 aliphatic heterocycles. The van der Waals surface area contributed by atoms with Crippen molar-refractivity contribution in [3.63, 3.8) is 0 Å². The average molecular weight is 242 g/mol. The van der Waals surface area contributed by atoms with Crippen LogP contribution in [0.25, 0.3) is 0 Å². The molecule has 0 heterocycles. The van der Waals surface area contributed by atoms with E-state index in [4.69, 9.17) is 16.3 Å². The maximum absolute atomic E-state index is 11.4. The topological polar surface area (TPSA) is 55.4 Å². The van der Waals surface area contributed by atoms with Gasteiger partial charge in [0, 0.05) is 17.6 Å². The Hall–Kier alpha value is -1.55. The molecule has 0 fully saturated rings. The van der Waals surface area contributed by atoms with Gasteiger partial charge in [-0.15, -0.1) is 0 Å². The first-order valence-corrected chi connectivity index (χ1v) is 5.16. The lowest BCUT2D eigenvalue weighted by Crippen LogP contribution is -2.18. The minimum atomic E-state index is -0.491. The van der Waals surface area contributed by atoms with Crippen LogP contribution in [0, 0.1) is 0 Å². The minimum absolute atomic E-state index is 0.271. The fraction of sp³-hybridized carbons (Fsp3) is 0.273. The molecule has 0 atom stereocenters. The van der Waals surface area contributed by atoms with Gasteiger partial charge in [-0.25, -0.2) is 4.79 Å². The fourth-order valence-electron chi connectivity index (χ4n) is 1.20. The van der Waals surface area contributed by atoms with E-state index in [0.29, 0.717) is 10.6 Å². The predicted molar refractivity (Wildman–Crippen MR) is 60.8 cm³/mol. The van der Waals surface area contributed by atoms with Crippen LogP contribution in [0.3, 0.4) is 0 Å². The van der Waals surface area contributed by atoms with Crippen molar-refractivity contribution in [2.24, 2.45) is 0 Å². The van der Waals surface area contributed by atoms with Gasteiger partial charge in [-0.2, -0.15) is 0 Å². The quantitative estimate of drug-likeness (QED) is 0.822. The number of ether oxygens (including phenoxy) is 1. The molecule has 0 radical (unpaired) electrons. The van der Waals surface area contributed by atoms with Crippen LogP contribution in [0.4, 0.5) is 0 Å². The summed E-state index contributed by atoms with van der Waals surface area (Å²) in [5.41, 5.74) is 0.603. The largest absolute Gasteiger partial charge is 0.462 e. The van der Waals surface area contributed by atoms with E-state index in [1.54, 1.807) is 6.92 Å². The van der Waals surface area contributed by atoms with Gasteiger partial charge in [0.15, 0.2) is 0 Å². The molecule has 1 aromatic carbocycles. The number of carbonyl (C=O) groups excluding carboxylic acids is 2. The maximum atomic E-state index is 11.4. The number of hydrogen-bond donors (Lipinski definition) is 1. The van der Waals surface area contributed by atoms with Gasteiger partial charge in [0.1, 0.15) is 0 Å². The van der Waals surface area contributed by atoms with Crippen LogP contribution in [0.5, 0.6) is 0 Å². The van der Waals surface area contributed by atoms with E-state index in [9.17, 15) is 9.59 Å². The Bertz CT molecular complexity index is 418. The summed E-state index contributed by atoms with van der Waals surface area (Å²) >= 11 is 5.81. The van der Waals surface area contributed by atoms with Crippen molar-refractivity contribution in [2.45, 2.75) is 6.92 Å². The molecule has 5 heteroatoms. The van der Waals surface area contributed by atoms with E-state index in [1.807, 2.05) is 0 Å². The van der Waals surface area contributed by atoms with E-state index in [-0.39, 0.29) is 18.1 Å². The number of carbonyl (C=O) groups is 2. The van der Waals surface area contributed by atoms with Crippen molar-refractivity contribution in [3.05, 3.63) is 34.3 Å². The van der Waals surface area contributed by atoms with Crippen LogP contribution in [0.1, 0.15) is 27.6 Å². The summed E-state index contributed by atoms with van der Waals surface area (Å²) in [4.78, 5) is 22.8. The summed E-state index contributed by atoms with van der Waals surface area (Å²) in [5, 5.41) is 2.78. The molecule has 0 saturated heterocycles. The number of hydrogen-bond acceptors (Lipinski definition) is 3. The lowest BCUT2D eigenvalue weighted by molar-refractivity contribution is 0.0526. The molecule has 0 bridgehead atoms. The summed E-state index contributed by atoms with van der Waals surface area (Å²) in [5.74, 6) is -0.789. The number of nitrogens with one attached hydrogen (secondary N) is 1. The molecule has 1 N–H and O–H groups in total. The lowest BCUT2D eigenvalue weighted by atomic mass is 10.1. The molecule has 1 aromatic rings. The summed E-state index contributed by atoms with van der Waals surface area (Å²) in [7, 11) is 1.51. The summed E-state index contributed by atoms with van der Waals surface area (Å²) in [6.07, 6.45) is 0. The third-order valence-electron chi connectivity index (χ3n) is 1.90. The van der Waals surface area contributed by atoms with Crippen LogP contribution < -0.4 is 5.32 Å². The van der Waals surface area contributed by atoms with Crippen molar-refractivity contribution < 1.29 is 14.3 Å². The van der Waals surface area contributed by atoms with Gasteiger partial charge >= 0.3 is 5.97 Å². The molecule has 1 amide bonds. The van der Waals surface area contributed by atoms with E-state index in [1.165, 1.54) is 25.2 Å². The van der Waals surface area contributed by atoms with Gasteiger partial charge in [-0.05, 0) is 25.1 Å². The van der Waals surface area contributed by atoms with Crippen LogP contribution in [0.2, 0.25) is 5.02 Å². The smallest absolute Gasteiger partial charge is 0.338 e. The molecule has 86 valence electrons. The summed E-state index contributed by atoms with van der Waals surface area (Å²) in [6.45, 7) is 1.99. The Balaban J connectivity index is 3.07. The summed E-state index contributed by atoms with van der Waals surface area (Å²) in [6, 6.07) is 4.40. The Kier molecular flexibility index (Phi) is 4.31. The minimum Gasteiger partial charge on any atom is -0.462 e. The molecular formula is C11H12ClNO3. The third-order valence-corrected chi connectivity index (χ3v) is 2.12. The first-order chi connectivity index (χ1) is 7.58. The Morgan fingerprint density at radius 3 is 2.50 bits per heavy atom. The van der Waals surface area contributed by atoms with Crippen molar-refractivity contribution in [1.29, 1.82) is 0 Å². The van der Waals surface area contributed by atoms with E-state index >= 15 is 0 Å². The third kappa shape index (κ3) is 2.97.